The lowest BCUT2D eigenvalue weighted by Crippen LogP contribution is -2.35. The summed E-state index contributed by atoms with van der Waals surface area (Å²) in [6, 6.07) is 11.2. The van der Waals surface area contributed by atoms with Crippen molar-refractivity contribution in [2.24, 2.45) is 0 Å². The summed E-state index contributed by atoms with van der Waals surface area (Å²) >= 11 is 4.28. The average molecular weight is 323 g/mol. The molecule has 0 atom stereocenters. The van der Waals surface area contributed by atoms with E-state index in [0.29, 0.717) is 36.0 Å². The molecule has 114 valence electrons. The molecular weight excluding hydrogens is 310 g/mol. The standard InChI is InChI=1S/C16H13N5OS/c22-16-14-9-13(20-21(14)8-7-18-16)12-5-6-17-15(19-12)10-1-3-11(23)4-2-10/h1-6,9,23H,7-8H2,(H,18,22). The zero-order valence-electron chi connectivity index (χ0n) is 12.1. The van der Waals surface area contributed by atoms with Gasteiger partial charge in [0.15, 0.2) is 5.82 Å². The zero-order valence-corrected chi connectivity index (χ0v) is 13.0. The number of hydrogen-bond acceptors (Lipinski definition) is 5. The second-order valence-electron chi connectivity index (χ2n) is 5.21. The van der Waals surface area contributed by atoms with Crippen LogP contribution >= 0.6 is 12.6 Å². The molecule has 2 aromatic heterocycles. The Morgan fingerprint density at radius 1 is 1.13 bits per heavy atom. The highest BCUT2D eigenvalue weighted by molar-refractivity contribution is 7.80. The first-order chi connectivity index (χ1) is 11.2. The molecule has 0 unspecified atom stereocenters. The van der Waals surface area contributed by atoms with Crippen LogP contribution in [0.1, 0.15) is 10.5 Å². The molecule has 0 fully saturated rings. The monoisotopic (exact) mass is 323 g/mol. The van der Waals surface area contributed by atoms with Crippen LogP contribution in [0.3, 0.4) is 0 Å². The Morgan fingerprint density at radius 3 is 2.74 bits per heavy atom. The van der Waals surface area contributed by atoms with Crippen LogP contribution < -0.4 is 5.32 Å². The number of hydrogen-bond donors (Lipinski definition) is 2. The number of aromatic nitrogens is 4. The Balaban J connectivity index is 1.74. The topological polar surface area (TPSA) is 72.7 Å². The molecular formula is C16H13N5OS. The summed E-state index contributed by atoms with van der Waals surface area (Å²) in [7, 11) is 0. The Morgan fingerprint density at radius 2 is 1.96 bits per heavy atom. The van der Waals surface area contributed by atoms with Gasteiger partial charge in [0.25, 0.3) is 5.91 Å². The fourth-order valence-electron chi connectivity index (χ4n) is 2.51. The minimum Gasteiger partial charge on any atom is -0.349 e. The molecule has 0 saturated carbocycles. The van der Waals surface area contributed by atoms with Gasteiger partial charge in [0, 0.05) is 23.2 Å². The maximum absolute atomic E-state index is 11.8. The van der Waals surface area contributed by atoms with Gasteiger partial charge in [-0.2, -0.15) is 5.10 Å². The van der Waals surface area contributed by atoms with Crippen LogP contribution in [0.25, 0.3) is 22.8 Å². The molecule has 1 N–H and O–H groups in total. The second kappa shape index (κ2) is 5.51. The van der Waals surface area contributed by atoms with Crippen molar-refractivity contribution in [1.29, 1.82) is 0 Å². The molecule has 6 nitrogen and oxygen atoms in total. The van der Waals surface area contributed by atoms with Gasteiger partial charge in [0.2, 0.25) is 0 Å². The number of carbonyl (C=O) groups excluding carboxylic acids is 1. The maximum Gasteiger partial charge on any atom is 0.269 e. The van der Waals surface area contributed by atoms with Gasteiger partial charge in [-0.05, 0) is 24.3 Å². The Hall–Kier alpha value is -2.67. The predicted octanol–water partition coefficient (Wildman–Crippen LogP) is 2.04. The zero-order chi connectivity index (χ0) is 15.8. The van der Waals surface area contributed by atoms with Crippen molar-refractivity contribution in [3.05, 3.63) is 48.3 Å². The molecule has 1 amide bonds. The van der Waals surface area contributed by atoms with E-state index in [1.165, 1.54) is 0 Å². The minimum absolute atomic E-state index is 0.103. The molecule has 0 bridgehead atoms. The number of fused-ring (bicyclic) bond motifs is 1. The molecule has 1 aromatic carbocycles. The number of amides is 1. The molecule has 3 heterocycles. The number of nitrogens with zero attached hydrogens (tertiary/aromatic N) is 4. The average Bonchev–Trinajstić information content (AvgIpc) is 3.01. The van der Waals surface area contributed by atoms with Gasteiger partial charge in [0.05, 0.1) is 12.2 Å². The molecule has 0 saturated heterocycles. The highest BCUT2D eigenvalue weighted by Crippen LogP contribution is 2.22. The fraction of sp³-hybridized carbons (Fsp3) is 0.125. The summed E-state index contributed by atoms with van der Waals surface area (Å²) in [5.74, 6) is 0.514. The summed E-state index contributed by atoms with van der Waals surface area (Å²) in [5.41, 5.74) is 2.84. The summed E-state index contributed by atoms with van der Waals surface area (Å²) in [4.78, 5) is 21.6. The van der Waals surface area contributed by atoms with Gasteiger partial charge in [-0.3, -0.25) is 9.48 Å². The van der Waals surface area contributed by atoms with Crippen molar-refractivity contribution in [1.82, 2.24) is 25.1 Å². The van der Waals surface area contributed by atoms with E-state index < -0.39 is 0 Å². The molecule has 7 heteroatoms. The summed E-state index contributed by atoms with van der Waals surface area (Å²) in [6.45, 7) is 1.26. The van der Waals surface area contributed by atoms with Crippen molar-refractivity contribution in [3.8, 4) is 22.8 Å². The lowest BCUT2D eigenvalue weighted by molar-refractivity contribution is 0.0924. The van der Waals surface area contributed by atoms with E-state index in [-0.39, 0.29) is 5.91 Å². The molecule has 0 aliphatic carbocycles. The first kappa shape index (κ1) is 14.0. The van der Waals surface area contributed by atoms with E-state index in [4.69, 9.17) is 0 Å². The van der Waals surface area contributed by atoms with Crippen LogP contribution in [0.4, 0.5) is 0 Å². The fourth-order valence-corrected chi connectivity index (χ4v) is 2.66. The van der Waals surface area contributed by atoms with Gasteiger partial charge < -0.3 is 5.32 Å². The molecule has 3 aromatic rings. The second-order valence-corrected chi connectivity index (χ2v) is 5.72. The maximum atomic E-state index is 11.8. The van der Waals surface area contributed by atoms with Gasteiger partial charge in [-0.25, -0.2) is 9.97 Å². The highest BCUT2D eigenvalue weighted by atomic mass is 32.1. The smallest absolute Gasteiger partial charge is 0.269 e. The minimum atomic E-state index is -0.103. The summed E-state index contributed by atoms with van der Waals surface area (Å²) in [5, 5.41) is 7.28. The summed E-state index contributed by atoms with van der Waals surface area (Å²) in [6.07, 6.45) is 1.70. The lowest BCUT2D eigenvalue weighted by atomic mass is 10.2. The number of rotatable bonds is 2. The van der Waals surface area contributed by atoms with Crippen molar-refractivity contribution in [3.63, 3.8) is 0 Å². The first-order valence-corrected chi connectivity index (χ1v) is 7.64. The lowest BCUT2D eigenvalue weighted by Gasteiger charge is -2.13. The molecule has 23 heavy (non-hydrogen) atoms. The molecule has 4 rings (SSSR count). The quantitative estimate of drug-likeness (QED) is 0.708. The first-order valence-electron chi connectivity index (χ1n) is 7.19. The van der Waals surface area contributed by atoms with E-state index in [1.54, 1.807) is 23.0 Å². The SMILES string of the molecule is O=C1NCCn2nc(-c3ccnc(-c4ccc(S)cc4)n3)cc21. The Labute approximate surface area is 138 Å². The van der Waals surface area contributed by atoms with Crippen LogP contribution in [0, 0.1) is 0 Å². The van der Waals surface area contributed by atoms with Crippen molar-refractivity contribution in [2.45, 2.75) is 11.4 Å². The van der Waals surface area contributed by atoms with Crippen LogP contribution in [-0.2, 0) is 6.54 Å². The Bertz CT molecular complexity index is 888. The summed E-state index contributed by atoms with van der Waals surface area (Å²) < 4.78 is 1.71. The molecule has 1 aliphatic heterocycles. The molecule has 0 radical (unpaired) electrons. The number of thiol groups is 1. The predicted molar refractivity (Wildman–Crippen MR) is 88.3 cm³/mol. The third-order valence-corrected chi connectivity index (χ3v) is 3.96. The largest absolute Gasteiger partial charge is 0.349 e. The number of carbonyl (C=O) groups is 1. The number of nitrogens with one attached hydrogen (secondary N) is 1. The van der Waals surface area contributed by atoms with Gasteiger partial charge >= 0.3 is 0 Å². The van der Waals surface area contributed by atoms with Gasteiger partial charge in [0.1, 0.15) is 11.4 Å². The van der Waals surface area contributed by atoms with E-state index in [9.17, 15) is 4.79 Å². The third kappa shape index (κ3) is 2.59. The van der Waals surface area contributed by atoms with E-state index in [1.807, 2.05) is 24.3 Å². The van der Waals surface area contributed by atoms with Gasteiger partial charge in [-0.15, -0.1) is 12.6 Å². The molecule has 1 aliphatic rings. The van der Waals surface area contributed by atoms with Crippen LogP contribution in [0.2, 0.25) is 0 Å². The Kier molecular flexibility index (Phi) is 3.34. The van der Waals surface area contributed by atoms with Crippen molar-refractivity contribution >= 4 is 18.5 Å². The highest BCUT2D eigenvalue weighted by Gasteiger charge is 2.20. The van der Waals surface area contributed by atoms with Crippen molar-refractivity contribution < 1.29 is 4.79 Å². The van der Waals surface area contributed by atoms with Crippen LogP contribution in [0.15, 0.2) is 47.5 Å². The van der Waals surface area contributed by atoms with E-state index in [2.05, 4.69) is 33.0 Å². The van der Waals surface area contributed by atoms with Crippen LogP contribution in [-0.4, -0.2) is 32.2 Å². The molecule has 0 spiro atoms. The van der Waals surface area contributed by atoms with Gasteiger partial charge in [-0.1, -0.05) is 12.1 Å². The van der Waals surface area contributed by atoms with E-state index in [0.717, 1.165) is 10.5 Å². The van der Waals surface area contributed by atoms with Crippen molar-refractivity contribution in [2.75, 3.05) is 6.54 Å². The normalized spacial score (nSPS) is 13.5. The van der Waals surface area contributed by atoms with E-state index >= 15 is 0 Å². The number of benzene rings is 1. The third-order valence-electron chi connectivity index (χ3n) is 3.67. The van der Waals surface area contributed by atoms with Crippen LogP contribution in [0.5, 0.6) is 0 Å².